The fourth-order valence-electron chi connectivity index (χ4n) is 3.27. The van der Waals surface area contributed by atoms with Crippen LogP contribution in [-0.2, 0) is 30.4 Å². The van der Waals surface area contributed by atoms with Crippen LogP contribution in [-0.4, -0.2) is 66.1 Å². The van der Waals surface area contributed by atoms with Crippen molar-refractivity contribution >= 4 is 42.2 Å². The van der Waals surface area contributed by atoms with Gasteiger partial charge in [-0.2, -0.15) is 12.6 Å². The van der Waals surface area contributed by atoms with E-state index in [0.29, 0.717) is 32.2 Å². The second-order valence-corrected chi connectivity index (χ2v) is 8.69. The summed E-state index contributed by atoms with van der Waals surface area (Å²) in [5.74, 6) is -1.54. The monoisotopic (exact) mass is 523 g/mol. The van der Waals surface area contributed by atoms with Crippen LogP contribution in [0.1, 0.15) is 50.5 Å². The Hall–Kier alpha value is -3.28. The summed E-state index contributed by atoms with van der Waals surface area (Å²) < 4.78 is 0. The summed E-state index contributed by atoms with van der Waals surface area (Å²) >= 11 is 3.98. The number of aromatic hydroxyl groups is 1. The van der Waals surface area contributed by atoms with Crippen molar-refractivity contribution in [2.45, 2.75) is 63.5 Å². The summed E-state index contributed by atoms with van der Waals surface area (Å²) in [5, 5.41) is 20.0. The molecule has 0 spiro atoms. The number of primary amides is 1. The maximum Gasteiger partial charge on any atom is 0.242 e. The van der Waals surface area contributed by atoms with Crippen LogP contribution in [0, 0.1) is 0 Å². The largest absolute Gasteiger partial charge is 0.508 e. The third kappa shape index (κ3) is 13.0. The minimum atomic E-state index is -0.820. The van der Waals surface area contributed by atoms with E-state index in [1.165, 1.54) is 19.2 Å². The second kappa shape index (κ2) is 17.2. The number of unbranched alkanes of at least 4 members (excludes halogenated alkanes) is 2. The van der Waals surface area contributed by atoms with Crippen molar-refractivity contribution < 1.29 is 29.1 Å². The minimum absolute atomic E-state index is 0.0995. The molecular formula is C24H37N5O6S. The van der Waals surface area contributed by atoms with E-state index in [2.05, 4.69) is 33.9 Å². The Morgan fingerprint density at radius 2 is 1.44 bits per heavy atom. The fraction of sp³-hybridized carbons (Fsp3) is 0.542. The van der Waals surface area contributed by atoms with E-state index in [4.69, 9.17) is 5.73 Å². The smallest absolute Gasteiger partial charge is 0.242 e. The number of carbonyl (C=O) groups is 5. The van der Waals surface area contributed by atoms with Crippen molar-refractivity contribution in [3.63, 3.8) is 0 Å². The molecule has 36 heavy (non-hydrogen) atoms. The highest BCUT2D eigenvalue weighted by Crippen LogP contribution is 2.12. The highest BCUT2D eigenvalue weighted by molar-refractivity contribution is 7.80. The van der Waals surface area contributed by atoms with E-state index in [1.54, 1.807) is 12.1 Å². The summed E-state index contributed by atoms with van der Waals surface area (Å²) in [6.07, 6.45) is 3.01. The molecule has 11 nitrogen and oxygen atoms in total. The Kier molecular flexibility index (Phi) is 14.7. The van der Waals surface area contributed by atoms with Crippen molar-refractivity contribution in [2.75, 3.05) is 19.3 Å². The summed E-state index contributed by atoms with van der Waals surface area (Å²) in [6.45, 7) is 0.361. The number of rotatable bonds is 17. The van der Waals surface area contributed by atoms with Gasteiger partial charge in [0.15, 0.2) is 0 Å². The molecule has 7 N–H and O–H groups in total. The lowest BCUT2D eigenvalue weighted by atomic mass is 10.0. The standard InChI is InChI=1S/C24H37N5O6S/c1-26-20(31)7-5-8-22(33)28-18(14-16-9-11-17(30)12-10-16)24(35)27-13-4-2-3-6-21(32)29-19(15-36)23(25)34/h9-12,18-19,30,36H,2-8,13-15H2,1H3,(H2,25,34)(H,26,31)(H,27,35)(H,28,33)(H,29,32)/t18?,19-/m0/s1. The number of phenolic OH excluding ortho intramolecular Hbond substituents is 1. The first-order valence-electron chi connectivity index (χ1n) is 11.9. The molecule has 0 radical (unpaired) electrons. The zero-order valence-corrected chi connectivity index (χ0v) is 21.4. The van der Waals surface area contributed by atoms with Crippen LogP contribution in [0.25, 0.3) is 0 Å². The van der Waals surface area contributed by atoms with Crippen molar-refractivity contribution in [2.24, 2.45) is 5.73 Å². The number of benzene rings is 1. The fourth-order valence-corrected chi connectivity index (χ4v) is 3.54. The molecule has 0 saturated carbocycles. The van der Waals surface area contributed by atoms with Gasteiger partial charge in [0, 0.05) is 45.0 Å². The zero-order chi connectivity index (χ0) is 26.9. The predicted molar refractivity (Wildman–Crippen MR) is 138 cm³/mol. The molecule has 1 rings (SSSR count). The Morgan fingerprint density at radius 3 is 2.03 bits per heavy atom. The average Bonchev–Trinajstić information content (AvgIpc) is 2.84. The van der Waals surface area contributed by atoms with E-state index in [1.807, 2.05) is 0 Å². The van der Waals surface area contributed by atoms with Gasteiger partial charge in [-0.25, -0.2) is 0 Å². The number of hydrogen-bond acceptors (Lipinski definition) is 7. The first kappa shape index (κ1) is 30.8. The van der Waals surface area contributed by atoms with Crippen molar-refractivity contribution in [3.05, 3.63) is 29.8 Å². The Bertz CT molecular complexity index is 880. The topological polar surface area (TPSA) is 180 Å². The van der Waals surface area contributed by atoms with Crippen molar-refractivity contribution in [1.29, 1.82) is 0 Å². The first-order valence-corrected chi connectivity index (χ1v) is 12.5. The van der Waals surface area contributed by atoms with Crippen molar-refractivity contribution in [3.8, 4) is 5.75 Å². The van der Waals surface area contributed by atoms with Crippen LogP contribution < -0.4 is 27.0 Å². The minimum Gasteiger partial charge on any atom is -0.508 e. The lowest BCUT2D eigenvalue weighted by molar-refractivity contribution is -0.129. The van der Waals surface area contributed by atoms with E-state index >= 15 is 0 Å². The molecule has 5 amide bonds. The van der Waals surface area contributed by atoms with Crippen LogP contribution in [0.2, 0.25) is 0 Å². The summed E-state index contributed by atoms with van der Waals surface area (Å²) in [6, 6.07) is 4.75. The summed E-state index contributed by atoms with van der Waals surface area (Å²) in [5.41, 5.74) is 5.94. The summed E-state index contributed by atoms with van der Waals surface area (Å²) in [7, 11) is 1.53. The van der Waals surface area contributed by atoms with Crippen LogP contribution >= 0.6 is 12.6 Å². The van der Waals surface area contributed by atoms with Crippen molar-refractivity contribution in [1.82, 2.24) is 21.3 Å². The average molecular weight is 524 g/mol. The quantitative estimate of drug-likeness (QED) is 0.111. The third-order valence-electron chi connectivity index (χ3n) is 5.36. The Labute approximate surface area is 216 Å². The number of thiol groups is 1. The van der Waals surface area contributed by atoms with Gasteiger partial charge in [0.25, 0.3) is 0 Å². The Balaban J connectivity index is 2.50. The molecule has 12 heteroatoms. The van der Waals surface area contributed by atoms with Gasteiger partial charge >= 0.3 is 0 Å². The van der Waals surface area contributed by atoms with E-state index in [9.17, 15) is 29.1 Å². The van der Waals surface area contributed by atoms with E-state index < -0.39 is 18.0 Å². The van der Waals surface area contributed by atoms with Crippen LogP contribution in [0.3, 0.4) is 0 Å². The zero-order valence-electron chi connectivity index (χ0n) is 20.5. The number of phenols is 1. The van der Waals surface area contributed by atoms with Gasteiger partial charge < -0.3 is 32.1 Å². The molecule has 1 aromatic carbocycles. The van der Waals surface area contributed by atoms with Gasteiger partial charge in [-0.3, -0.25) is 24.0 Å². The van der Waals surface area contributed by atoms with Gasteiger partial charge in [0.2, 0.25) is 29.5 Å². The van der Waals surface area contributed by atoms with Gasteiger partial charge in [-0.1, -0.05) is 18.6 Å². The van der Waals surface area contributed by atoms with Crippen LogP contribution in [0.4, 0.5) is 0 Å². The molecular weight excluding hydrogens is 486 g/mol. The highest BCUT2D eigenvalue weighted by Gasteiger charge is 2.21. The maximum absolute atomic E-state index is 12.8. The number of nitrogens with two attached hydrogens (primary N) is 1. The molecule has 1 unspecified atom stereocenters. The lowest BCUT2D eigenvalue weighted by Crippen LogP contribution is -2.48. The molecule has 0 bridgehead atoms. The van der Waals surface area contributed by atoms with Gasteiger partial charge in [0.05, 0.1) is 0 Å². The lowest BCUT2D eigenvalue weighted by Gasteiger charge is -2.19. The molecule has 0 aromatic heterocycles. The van der Waals surface area contributed by atoms with Gasteiger partial charge in [-0.05, 0) is 37.0 Å². The maximum atomic E-state index is 12.8. The van der Waals surface area contributed by atoms with Crippen LogP contribution in [0.15, 0.2) is 24.3 Å². The number of amides is 5. The molecule has 0 saturated heterocycles. The van der Waals surface area contributed by atoms with Crippen LogP contribution in [0.5, 0.6) is 5.75 Å². The van der Waals surface area contributed by atoms with Gasteiger partial charge in [0.1, 0.15) is 17.8 Å². The van der Waals surface area contributed by atoms with Gasteiger partial charge in [-0.15, -0.1) is 0 Å². The van der Waals surface area contributed by atoms with E-state index in [-0.39, 0.29) is 60.8 Å². The number of carbonyl (C=O) groups excluding carboxylic acids is 5. The molecule has 0 heterocycles. The number of hydrogen-bond donors (Lipinski definition) is 7. The molecule has 0 aliphatic heterocycles. The predicted octanol–water partition coefficient (Wildman–Crippen LogP) is -0.0877. The summed E-state index contributed by atoms with van der Waals surface area (Å²) in [4.78, 5) is 59.5. The SMILES string of the molecule is CNC(=O)CCCC(=O)NC(Cc1ccc(O)cc1)C(=O)NCCCCCC(=O)N[C@@H](CS)C(N)=O. The highest BCUT2D eigenvalue weighted by atomic mass is 32.1. The first-order chi connectivity index (χ1) is 17.2. The molecule has 1 aromatic rings. The molecule has 2 atom stereocenters. The second-order valence-electron chi connectivity index (χ2n) is 8.32. The molecule has 0 aliphatic rings. The molecule has 200 valence electrons. The normalized spacial score (nSPS) is 12.2. The third-order valence-corrected chi connectivity index (χ3v) is 5.72. The Morgan fingerprint density at radius 1 is 0.861 bits per heavy atom. The molecule has 0 aliphatic carbocycles. The number of nitrogens with one attached hydrogen (secondary N) is 4. The van der Waals surface area contributed by atoms with E-state index in [0.717, 1.165) is 5.56 Å². The molecule has 0 fully saturated rings.